The van der Waals surface area contributed by atoms with Crippen LogP contribution in [0.15, 0.2) is 30.5 Å². The molecular formula is C17H19N5O5S. The van der Waals surface area contributed by atoms with Crippen molar-refractivity contribution >= 4 is 40.5 Å². The number of amides is 3. The molecular weight excluding hydrogens is 386 g/mol. The number of aromatic hydroxyl groups is 1. The van der Waals surface area contributed by atoms with E-state index in [0.717, 1.165) is 11.3 Å². The van der Waals surface area contributed by atoms with Gasteiger partial charge in [-0.15, -0.1) is 0 Å². The summed E-state index contributed by atoms with van der Waals surface area (Å²) in [4.78, 5) is 50.2. The molecule has 2 aromatic rings. The summed E-state index contributed by atoms with van der Waals surface area (Å²) in [6, 6.07) is 5.19. The molecule has 1 aromatic heterocycles. The fraction of sp³-hybridized carbons (Fsp3) is 0.235. The number of carbonyl (C=O) groups excluding carboxylic acids is 4. The van der Waals surface area contributed by atoms with E-state index in [4.69, 9.17) is 5.73 Å². The summed E-state index contributed by atoms with van der Waals surface area (Å²) in [6.07, 6.45) is 2.18. The van der Waals surface area contributed by atoms with Crippen LogP contribution in [0.5, 0.6) is 5.75 Å². The molecule has 1 atom stereocenters. The summed E-state index contributed by atoms with van der Waals surface area (Å²) in [5.74, 6) is -1.68. The van der Waals surface area contributed by atoms with E-state index in [2.05, 4.69) is 20.9 Å². The standard InChI is InChI=1S/C17H19N5O5S/c18-16(27)13(5-10-1-3-11(24)4-2-10)22-15(26)8-19-14(25)7-21-17-20-6-12(9-23)28-17/h1-4,6,9,13,24H,5,7-8H2,(H2,18,27)(H,19,25)(H,20,21)(H,22,26). The number of aromatic nitrogens is 1. The summed E-state index contributed by atoms with van der Waals surface area (Å²) in [5, 5.41) is 17.3. The van der Waals surface area contributed by atoms with Crippen LogP contribution < -0.4 is 21.7 Å². The van der Waals surface area contributed by atoms with Gasteiger partial charge in [0.25, 0.3) is 0 Å². The maximum Gasteiger partial charge on any atom is 0.240 e. The fourth-order valence-corrected chi connectivity index (χ4v) is 2.78. The zero-order valence-electron chi connectivity index (χ0n) is 14.7. The van der Waals surface area contributed by atoms with Crippen LogP contribution in [-0.4, -0.2) is 53.2 Å². The highest BCUT2D eigenvalue weighted by Gasteiger charge is 2.19. The van der Waals surface area contributed by atoms with E-state index < -0.39 is 23.8 Å². The summed E-state index contributed by atoms with van der Waals surface area (Å²) >= 11 is 1.10. The molecule has 0 spiro atoms. The Bertz CT molecular complexity index is 852. The quantitative estimate of drug-likeness (QED) is 0.329. The smallest absolute Gasteiger partial charge is 0.240 e. The molecule has 148 valence electrons. The number of benzene rings is 1. The number of carbonyl (C=O) groups is 4. The third kappa shape index (κ3) is 6.68. The third-order valence-electron chi connectivity index (χ3n) is 3.54. The molecule has 0 aliphatic carbocycles. The molecule has 0 aliphatic heterocycles. The minimum Gasteiger partial charge on any atom is -0.508 e. The van der Waals surface area contributed by atoms with Crippen molar-refractivity contribution < 1.29 is 24.3 Å². The highest BCUT2D eigenvalue weighted by molar-refractivity contribution is 7.17. The molecule has 0 fully saturated rings. The number of aldehydes is 1. The van der Waals surface area contributed by atoms with Gasteiger partial charge in [0.1, 0.15) is 11.8 Å². The molecule has 3 amide bonds. The summed E-state index contributed by atoms with van der Waals surface area (Å²) in [6.45, 7) is -0.469. The number of phenols is 1. The van der Waals surface area contributed by atoms with Crippen LogP contribution in [0.2, 0.25) is 0 Å². The van der Waals surface area contributed by atoms with Crippen LogP contribution in [-0.2, 0) is 20.8 Å². The molecule has 11 heteroatoms. The molecule has 10 nitrogen and oxygen atoms in total. The number of nitrogens with zero attached hydrogens (tertiary/aromatic N) is 1. The first kappa shape index (κ1) is 20.8. The van der Waals surface area contributed by atoms with Gasteiger partial charge in [0.2, 0.25) is 17.7 Å². The molecule has 0 radical (unpaired) electrons. The number of phenolic OH excluding ortho intramolecular Hbond substituents is 1. The van der Waals surface area contributed by atoms with Crippen LogP contribution in [0.25, 0.3) is 0 Å². The van der Waals surface area contributed by atoms with E-state index in [1.807, 2.05) is 0 Å². The van der Waals surface area contributed by atoms with Crippen molar-refractivity contribution in [2.45, 2.75) is 12.5 Å². The van der Waals surface area contributed by atoms with Gasteiger partial charge >= 0.3 is 0 Å². The lowest BCUT2D eigenvalue weighted by Gasteiger charge is -2.16. The number of nitrogens with one attached hydrogen (secondary N) is 3. The first-order chi connectivity index (χ1) is 13.4. The van der Waals surface area contributed by atoms with Gasteiger partial charge in [-0.3, -0.25) is 19.2 Å². The zero-order valence-corrected chi connectivity index (χ0v) is 15.5. The van der Waals surface area contributed by atoms with Gasteiger partial charge < -0.3 is 26.8 Å². The van der Waals surface area contributed by atoms with E-state index >= 15 is 0 Å². The predicted octanol–water partition coefficient (Wildman–Crippen LogP) is -0.598. The van der Waals surface area contributed by atoms with Gasteiger partial charge in [0.05, 0.1) is 24.2 Å². The number of primary amides is 1. The Morgan fingerprint density at radius 3 is 2.50 bits per heavy atom. The normalized spacial score (nSPS) is 11.3. The zero-order chi connectivity index (χ0) is 20.5. The van der Waals surface area contributed by atoms with Gasteiger partial charge in [-0.1, -0.05) is 23.5 Å². The van der Waals surface area contributed by atoms with Crippen LogP contribution >= 0.6 is 11.3 Å². The molecule has 1 unspecified atom stereocenters. The van der Waals surface area contributed by atoms with E-state index in [1.165, 1.54) is 18.3 Å². The number of thiazole rings is 1. The number of rotatable bonds is 10. The average Bonchev–Trinajstić information content (AvgIpc) is 3.14. The van der Waals surface area contributed by atoms with Gasteiger partial charge in [0.15, 0.2) is 11.4 Å². The van der Waals surface area contributed by atoms with Crippen molar-refractivity contribution in [3.63, 3.8) is 0 Å². The molecule has 1 aromatic carbocycles. The third-order valence-corrected chi connectivity index (χ3v) is 4.42. The SMILES string of the molecule is NC(=O)C(Cc1ccc(O)cc1)NC(=O)CNC(=O)CNc1ncc(C=O)s1. The van der Waals surface area contributed by atoms with Crippen molar-refractivity contribution in [3.8, 4) is 5.75 Å². The topological polar surface area (TPSA) is 164 Å². The van der Waals surface area contributed by atoms with Crippen LogP contribution in [0.1, 0.15) is 15.2 Å². The molecule has 0 saturated heterocycles. The Kier molecular flexibility index (Phi) is 7.45. The number of hydrogen-bond acceptors (Lipinski definition) is 8. The van der Waals surface area contributed by atoms with E-state index in [-0.39, 0.29) is 25.3 Å². The van der Waals surface area contributed by atoms with Gasteiger partial charge in [-0.25, -0.2) is 4.98 Å². The van der Waals surface area contributed by atoms with Crippen LogP contribution in [0.3, 0.4) is 0 Å². The highest BCUT2D eigenvalue weighted by Crippen LogP contribution is 2.15. The van der Waals surface area contributed by atoms with Crippen molar-refractivity contribution in [1.82, 2.24) is 15.6 Å². The average molecular weight is 405 g/mol. The van der Waals surface area contributed by atoms with Crippen molar-refractivity contribution in [2.24, 2.45) is 5.73 Å². The molecule has 0 bridgehead atoms. The second-order valence-corrected chi connectivity index (χ2v) is 6.77. The molecule has 0 aliphatic rings. The summed E-state index contributed by atoms with van der Waals surface area (Å²) in [5.41, 5.74) is 6.02. The Morgan fingerprint density at radius 2 is 1.89 bits per heavy atom. The van der Waals surface area contributed by atoms with Crippen molar-refractivity contribution in [3.05, 3.63) is 40.9 Å². The first-order valence-corrected chi connectivity index (χ1v) is 8.97. The fourth-order valence-electron chi connectivity index (χ4n) is 2.16. The Hall–Kier alpha value is -3.47. The van der Waals surface area contributed by atoms with Gasteiger partial charge in [0, 0.05) is 6.42 Å². The maximum atomic E-state index is 12.0. The summed E-state index contributed by atoms with van der Waals surface area (Å²) in [7, 11) is 0. The number of anilines is 1. The maximum absolute atomic E-state index is 12.0. The lowest BCUT2D eigenvalue weighted by Crippen LogP contribution is -2.49. The molecule has 0 saturated carbocycles. The minimum absolute atomic E-state index is 0.0832. The van der Waals surface area contributed by atoms with Crippen molar-refractivity contribution in [2.75, 3.05) is 18.4 Å². The minimum atomic E-state index is -0.954. The van der Waals surface area contributed by atoms with Gasteiger partial charge in [-0.05, 0) is 17.7 Å². The molecule has 28 heavy (non-hydrogen) atoms. The Labute approximate surface area is 164 Å². The Morgan fingerprint density at radius 1 is 1.18 bits per heavy atom. The van der Waals surface area contributed by atoms with E-state index in [9.17, 15) is 24.3 Å². The van der Waals surface area contributed by atoms with Crippen LogP contribution in [0, 0.1) is 0 Å². The monoisotopic (exact) mass is 405 g/mol. The van der Waals surface area contributed by atoms with E-state index in [0.29, 0.717) is 21.9 Å². The van der Waals surface area contributed by atoms with E-state index in [1.54, 1.807) is 12.1 Å². The highest BCUT2D eigenvalue weighted by atomic mass is 32.1. The largest absolute Gasteiger partial charge is 0.508 e. The Balaban J connectivity index is 1.76. The predicted molar refractivity (Wildman–Crippen MR) is 102 cm³/mol. The second-order valence-electron chi connectivity index (χ2n) is 5.71. The lowest BCUT2D eigenvalue weighted by atomic mass is 10.1. The van der Waals surface area contributed by atoms with Crippen molar-refractivity contribution in [1.29, 1.82) is 0 Å². The number of nitrogens with two attached hydrogens (primary N) is 1. The van der Waals surface area contributed by atoms with Gasteiger partial charge in [-0.2, -0.15) is 0 Å². The molecule has 2 rings (SSSR count). The second kappa shape index (κ2) is 10.0. The molecule has 6 N–H and O–H groups in total. The first-order valence-electron chi connectivity index (χ1n) is 8.15. The lowest BCUT2D eigenvalue weighted by molar-refractivity contribution is -0.128. The summed E-state index contributed by atoms with van der Waals surface area (Å²) < 4.78 is 0. The number of hydrogen-bond donors (Lipinski definition) is 5. The molecule has 1 heterocycles. The van der Waals surface area contributed by atoms with Crippen LogP contribution in [0.4, 0.5) is 5.13 Å².